The van der Waals surface area contributed by atoms with Gasteiger partial charge in [-0.25, -0.2) is 0 Å². The summed E-state index contributed by atoms with van der Waals surface area (Å²) in [7, 11) is 1.86. The number of carbonyl (C=O) groups excluding carboxylic acids is 1. The van der Waals surface area contributed by atoms with Crippen LogP contribution in [0, 0.1) is 6.92 Å². The van der Waals surface area contributed by atoms with Crippen molar-refractivity contribution in [2.75, 3.05) is 17.7 Å². The lowest BCUT2D eigenvalue weighted by molar-refractivity contribution is -0.116. The summed E-state index contributed by atoms with van der Waals surface area (Å²) in [5, 5.41) is 6.00. The molecular formula is C12H18N2O. The first kappa shape index (κ1) is 11.6. The molecule has 3 heteroatoms. The number of nitrogens with one attached hydrogen (secondary N) is 2. The van der Waals surface area contributed by atoms with E-state index in [-0.39, 0.29) is 5.91 Å². The van der Waals surface area contributed by atoms with Crippen molar-refractivity contribution in [1.29, 1.82) is 0 Å². The fourth-order valence-corrected chi connectivity index (χ4v) is 1.54. The molecule has 0 atom stereocenters. The van der Waals surface area contributed by atoms with Crippen LogP contribution >= 0.6 is 0 Å². The smallest absolute Gasteiger partial charge is 0.224 e. The topological polar surface area (TPSA) is 41.1 Å². The van der Waals surface area contributed by atoms with Gasteiger partial charge >= 0.3 is 0 Å². The van der Waals surface area contributed by atoms with Crippen molar-refractivity contribution in [3.8, 4) is 0 Å². The van der Waals surface area contributed by atoms with Gasteiger partial charge in [0.15, 0.2) is 0 Å². The first-order valence-electron chi connectivity index (χ1n) is 5.26. The van der Waals surface area contributed by atoms with Gasteiger partial charge in [-0.3, -0.25) is 4.79 Å². The highest BCUT2D eigenvalue weighted by Gasteiger charge is 2.06. The van der Waals surface area contributed by atoms with Crippen LogP contribution in [0.25, 0.3) is 0 Å². The van der Waals surface area contributed by atoms with Crippen molar-refractivity contribution in [1.82, 2.24) is 0 Å². The second-order valence-electron chi connectivity index (χ2n) is 3.55. The summed E-state index contributed by atoms with van der Waals surface area (Å²) in [5.41, 5.74) is 2.98. The molecular weight excluding hydrogens is 188 g/mol. The summed E-state index contributed by atoms with van der Waals surface area (Å²) < 4.78 is 0. The van der Waals surface area contributed by atoms with Gasteiger partial charge < -0.3 is 10.6 Å². The van der Waals surface area contributed by atoms with E-state index in [2.05, 4.69) is 10.6 Å². The largest absolute Gasteiger partial charge is 0.386 e. The van der Waals surface area contributed by atoms with Crippen LogP contribution in [0.15, 0.2) is 18.2 Å². The van der Waals surface area contributed by atoms with Crippen LogP contribution in [0.1, 0.15) is 25.3 Å². The van der Waals surface area contributed by atoms with Gasteiger partial charge in [0.05, 0.1) is 11.4 Å². The minimum Gasteiger partial charge on any atom is -0.386 e. The Balaban J connectivity index is 2.84. The van der Waals surface area contributed by atoms with Crippen molar-refractivity contribution in [2.45, 2.75) is 26.7 Å². The van der Waals surface area contributed by atoms with Gasteiger partial charge in [-0.2, -0.15) is 0 Å². The SMILES string of the molecule is CCCC(=O)Nc1cccc(C)c1NC. The van der Waals surface area contributed by atoms with Crippen LogP contribution in [0.5, 0.6) is 0 Å². The van der Waals surface area contributed by atoms with Crippen LogP contribution < -0.4 is 10.6 Å². The Morgan fingerprint density at radius 3 is 2.73 bits per heavy atom. The van der Waals surface area contributed by atoms with E-state index in [0.717, 1.165) is 23.4 Å². The third-order valence-electron chi connectivity index (χ3n) is 2.27. The number of benzene rings is 1. The Kier molecular flexibility index (Phi) is 4.16. The Morgan fingerprint density at radius 1 is 1.40 bits per heavy atom. The number of aryl methyl sites for hydroxylation is 1. The minimum atomic E-state index is 0.0691. The fourth-order valence-electron chi connectivity index (χ4n) is 1.54. The predicted octanol–water partition coefficient (Wildman–Crippen LogP) is 2.78. The number of hydrogen-bond acceptors (Lipinski definition) is 2. The van der Waals surface area contributed by atoms with Gasteiger partial charge in [-0.1, -0.05) is 19.1 Å². The maximum Gasteiger partial charge on any atom is 0.224 e. The van der Waals surface area contributed by atoms with Crippen LogP contribution in [-0.2, 0) is 4.79 Å². The van der Waals surface area contributed by atoms with E-state index in [9.17, 15) is 4.79 Å². The maximum atomic E-state index is 11.5. The number of carbonyl (C=O) groups is 1. The molecule has 0 aliphatic carbocycles. The summed E-state index contributed by atoms with van der Waals surface area (Å²) >= 11 is 0. The highest BCUT2D eigenvalue weighted by atomic mass is 16.1. The van der Waals surface area contributed by atoms with Crippen LogP contribution in [-0.4, -0.2) is 13.0 Å². The Bertz CT molecular complexity index is 347. The lowest BCUT2D eigenvalue weighted by Crippen LogP contribution is -2.12. The Morgan fingerprint density at radius 2 is 2.13 bits per heavy atom. The van der Waals surface area contributed by atoms with E-state index in [0.29, 0.717) is 6.42 Å². The second kappa shape index (κ2) is 5.39. The van der Waals surface area contributed by atoms with E-state index < -0.39 is 0 Å². The first-order chi connectivity index (χ1) is 7.19. The van der Waals surface area contributed by atoms with Crippen molar-refractivity contribution in [3.63, 3.8) is 0 Å². The standard InChI is InChI=1S/C12H18N2O/c1-4-6-11(15)14-10-8-5-7-9(2)12(10)13-3/h5,7-8,13H,4,6H2,1-3H3,(H,14,15). The predicted molar refractivity (Wildman–Crippen MR) is 64.3 cm³/mol. The van der Waals surface area contributed by atoms with Crippen molar-refractivity contribution >= 4 is 17.3 Å². The van der Waals surface area contributed by atoms with E-state index in [1.807, 2.05) is 39.1 Å². The number of hydrogen-bond donors (Lipinski definition) is 2. The highest BCUT2D eigenvalue weighted by molar-refractivity contribution is 5.94. The van der Waals surface area contributed by atoms with Gasteiger partial charge in [0.2, 0.25) is 5.91 Å². The van der Waals surface area contributed by atoms with Crippen molar-refractivity contribution in [2.24, 2.45) is 0 Å². The molecule has 0 aliphatic rings. The molecule has 0 saturated carbocycles. The molecule has 0 aliphatic heterocycles. The summed E-state index contributed by atoms with van der Waals surface area (Å²) in [4.78, 5) is 11.5. The molecule has 15 heavy (non-hydrogen) atoms. The average molecular weight is 206 g/mol. The number of rotatable bonds is 4. The fraction of sp³-hybridized carbons (Fsp3) is 0.417. The lowest BCUT2D eigenvalue weighted by Gasteiger charge is -2.12. The Hall–Kier alpha value is -1.51. The molecule has 82 valence electrons. The van der Waals surface area contributed by atoms with E-state index >= 15 is 0 Å². The molecule has 0 heterocycles. The molecule has 0 bridgehead atoms. The lowest BCUT2D eigenvalue weighted by atomic mass is 10.1. The molecule has 0 radical (unpaired) electrons. The number of anilines is 2. The summed E-state index contributed by atoms with van der Waals surface area (Å²) in [5.74, 6) is 0.0691. The molecule has 0 spiro atoms. The molecule has 0 saturated heterocycles. The monoisotopic (exact) mass is 206 g/mol. The van der Waals surface area contributed by atoms with Crippen LogP contribution in [0.2, 0.25) is 0 Å². The van der Waals surface area contributed by atoms with Gasteiger partial charge in [0.1, 0.15) is 0 Å². The molecule has 3 nitrogen and oxygen atoms in total. The first-order valence-corrected chi connectivity index (χ1v) is 5.26. The quantitative estimate of drug-likeness (QED) is 0.795. The van der Waals surface area contributed by atoms with Gasteiger partial charge in [-0.05, 0) is 25.0 Å². The third kappa shape index (κ3) is 2.98. The molecule has 0 unspecified atom stereocenters. The molecule has 0 fully saturated rings. The molecule has 1 aromatic carbocycles. The maximum absolute atomic E-state index is 11.5. The summed E-state index contributed by atoms with van der Waals surface area (Å²) in [6.07, 6.45) is 1.43. The molecule has 2 N–H and O–H groups in total. The Labute approximate surface area is 90.9 Å². The van der Waals surface area contributed by atoms with Crippen LogP contribution in [0.3, 0.4) is 0 Å². The average Bonchev–Trinajstić information content (AvgIpc) is 2.18. The minimum absolute atomic E-state index is 0.0691. The van der Waals surface area contributed by atoms with Crippen molar-refractivity contribution in [3.05, 3.63) is 23.8 Å². The van der Waals surface area contributed by atoms with E-state index in [1.165, 1.54) is 0 Å². The van der Waals surface area contributed by atoms with Gasteiger partial charge in [0.25, 0.3) is 0 Å². The van der Waals surface area contributed by atoms with Gasteiger partial charge in [-0.15, -0.1) is 0 Å². The third-order valence-corrected chi connectivity index (χ3v) is 2.27. The number of para-hydroxylation sites is 1. The van der Waals surface area contributed by atoms with Gasteiger partial charge in [0, 0.05) is 13.5 Å². The van der Waals surface area contributed by atoms with E-state index in [1.54, 1.807) is 0 Å². The zero-order chi connectivity index (χ0) is 11.3. The zero-order valence-corrected chi connectivity index (χ0v) is 9.55. The van der Waals surface area contributed by atoms with Crippen LogP contribution in [0.4, 0.5) is 11.4 Å². The molecule has 1 aromatic rings. The highest BCUT2D eigenvalue weighted by Crippen LogP contribution is 2.25. The molecule has 0 aromatic heterocycles. The molecule has 1 rings (SSSR count). The second-order valence-corrected chi connectivity index (χ2v) is 3.55. The molecule has 1 amide bonds. The summed E-state index contributed by atoms with van der Waals surface area (Å²) in [6, 6.07) is 5.87. The summed E-state index contributed by atoms with van der Waals surface area (Å²) in [6.45, 7) is 4.01. The number of amides is 1. The zero-order valence-electron chi connectivity index (χ0n) is 9.55. The van der Waals surface area contributed by atoms with E-state index in [4.69, 9.17) is 0 Å². The van der Waals surface area contributed by atoms with Crippen molar-refractivity contribution < 1.29 is 4.79 Å². The normalized spacial score (nSPS) is 9.80.